The lowest BCUT2D eigenvalue weighted by Gasteiger charge is -2.24. The van der Waals surface area contributed by atoms with Crippen LogP contribution in [0.4, 0.5) is 11.5 Å². The normalized spacial score (nSPS) is 11.2. The van der Waals surface area contributed by atoms with Gasteiger partial charge in [0.05, 0.1) is 12.2 Å². The summed E-state index contributed by atoms with van der Waals surface area (Å²) in [6.07, 6.45) is 5.58. The second kappa shape index (κ2) is 7.99. The first kappa shape index (κ1) is 19.2. The highest BCUT2D eigenvalue weighted by atomic mass is 79.9. The molecule has 0 aromatic carbocycles. The van der Waals surface area contributed by atoms with Gasteiger partial charge in [0.1, 0.15) is 17.2 Å². The maximum atomic E-state index is 12.5. The molecule has 3 rings (SSSR count). The van der Waals surface area contributed by atoms with Gasteiger partial charge < -0.3 is 15.0 Å². The molecule has 0 fully saturated rings. The molecule has 0 unspecified atom stereocenters. The summed E-state index contributed by atoms with van der Waals surface area (Å²) in [4.78, 5) is 33.4. The van der Waals surface area contributed by atoms with Gasteiger partial charge in [-0.05, 0) is 41.4 Å². The number of hydrogen-bond donors (Lipinski definition) is 2. The van der Waals surface area contributed by atoms with E-state index < -0.39 is 11.2 Å². The van der Waals surface area contributed by atoms with Crippen LogP contribution in [0.15, 0.2) is 38.6 Å². The minimum absolute atomic E-state index is 0.200. The number of imidazole rings is 1. The highest BCUT2D eigenvalue weighted by Crippen LogP contribution is 2.20. The van der Waals surface area contributed by atoms with E-state index in [1.807, 2.05) is 47.7 Å². The van der Waals surface area contributed by atoms with Crippen molar-refractivity contribution < 1.29 is 0 Å². The van der Waals surface area contributed by atoms with Gasteiger partial charge >= 0.3 is 5.69 Å². The van der Waals surface area contributed by atoms with Crippen molar-refractivity contribution >= 4 is 33.1 Å². The number of hydrogen-bond acceptors (Lipinski definition) is 5. The smallest absolute Gasteiger partial charge is 0.330 e. The zero-order valence-corrected chi connectivity index (χ0v) is 17.0. The highest BCUT2D eigenvalue weighted by Gasteiger charge is 2.19. The second-order valence-electron chi connectivity index (χ2n) is 6.36. The average molecular weight is 435 g/mol. The lowest BCUT2D eigenvalue weighted by molar-refractivity contribution is 0.602. The fourth-order valence-electron chi connectivity index (χ4n) is 3.06. The molecule has 8 nitrogen and oxygen atoms in total. The van der Waals surface area contributed by atoms with Crippen molar-refractivity contribution in [1.82, 2.24) is 18.9 Å². The van der Waals surface area contributed by atoms with Crippen LogP contribution in [0.2, 0.25) is 0 Å². The zero-order valence-electron chi connectivity index (χ0n) is 15.4. The van der Waals surface area contributed by atoms with Gasteiger partial charge in [-0.25, -0.2) is 9.78 Å². The molecule has 3 aromatic heterocycles. The third-order valence-electron chi connectivity index (χ3n) is 4.47. The molecule has 0 spiro atoms. The first-order valence-corrected chi connectivity index (χ1v) is 9.74. The van der Waals surface area contributed by atoms with Crippen molar-refractivity contribution in [1.29, 1.82) is 0 Å². The number of unbranched alkanes of at least 4 members (excludes halogenated alkanes) is 1. The van der Waals surface area contributed by atoms with Crippen LogP contribution < -0.4 is 21.9 Å². The number of nitrogens with one attached hydrogen (secondary N) is 1. The Bertz CT molecular complexity index is 1070. The van der Waals surface area contributed by atoms with Crippen LogP contribution >= 0.6 is 15.9 Å². The summed E-state index contributed by atoms with van der Waals surface area (Å²) in [5, 5.41) is 0. The Morgan fingerprint density at radius 2 is 2.04 bits per heavy atom. The highest BCUT2D eigenvalue weighted by molar-refractivity contribution is 9.10. The minimum Gasteiger partial charge on any atom is -0.383 e. The van der Waals surface area contributed by atoms with Crippen molar-refractivity contribution in [2.45, 2.75) is 39.8 Å². The van der Waals surface area contributed by atoms with Gasteiger partial charge in [0.25, 0.3) is 5.56 Å². The third kappa shape index (κ3) is 3.92. The Morgan fingerprint density at radius 1 is 1.26 bits per heavy atom. The van der Waals surface area contributed by atoms with Gasteiger partial charge in [-0.3, -0.25) is 14.3 Å². The molecular weight excluding hydrogens is 412 g/mol. The van der Waals surface area contributed by atoms with Crippen molar-refractivity contribution in [2.24, 2.45) is 0 Å². The Morgan fingerprint density at radius 3 is 2.74 bits per heavy atom. The molecule has 144 valence electrons. The van der Waals surface area contributed by atoms with E-state index in [-0.39, 0.29) is 5.82 Å². The number of pyridine rings is 1. The third-order valence-corrected chi connectivity index (χ3v) is 4.93. The molecule has 3 aromatic rings. The Kier molecular flexibility index (Phi) is 5.69. The number of halogens is 1. The standard InChI is InChI=1S/C18H23BrN6O2/c1-3-5-8-25-16(20)15(17(26)22-18(25)27)23(4-2)10-13-11-24-9-12(19)6-7-14(24)21-13/h6-7,9,11H,3-5,8,10,20H2,1-2H3,(H,22,26,27). The Labute approximate surface area is 164 Å². The molecule has 9 heteroatoms. The number of nitrogens with two attached hydrogens (primary N) is 1. The van der Waals surface area contributed by atoms with E-state index in [2.05, 4.69) is 25.9 Å². The summed E-state index contributed by atoms with van der Waals surface area (Å²) in [5.74, 6) is 0.200. The van der Waals surface area contributed by atoms with Crippen LogP contribution in [0, 0.1) is 0 Å². The van der Waals surface area contributed by atoms with Gasteiger partial charge in [-0.2, -0.15) is 0 Å². The lowest BCUT2D eigenvalue weighted by atomic mass is 10.3. The van der Waals surface area contributed by atoms with Gasteiger partial charge in [-0.15, -0.1) is 0 Å². The maximum Gasteiger partial charge on any atom is 0.330 e. The molecule has 0 amide bonds. The van der Waals surface area contributed by atoms with Crippen molar-refractivity contribution in [2.75, 3.05) is 17.2 Å². The molecule has 27 heavy (non-hydrogen) atoms. The van der Waals surface area contributed by atoms with Crippen LogP contribution in [0.1, 0.15) is 32.4 Å². The maximum absolute atomic E-state index is 12.5. The van der Waals surface area contributed by atoms with Crippen LogP contribution in [0.5, 0.6) is 0 Å². The quantitative estimate of drug-likeness (QED) is 0.594. The molecule has 0 aliphatic carbocycles. The monoisotopic (exact) mass is 434 g/mol. The number of nitrogen functional groups attached to an aromatic ring is 1. The molecule has 0 radical (unpaired) electrons. The van der Waals surface area contributed by atoms with E-state index >= 15 is 0 Å². The van der Waals surface area contributed by atoms with Crippen LogP contribution in [-0.4, -0.2) is 25.5 Å². The van der Waals surface area contributed by atoms with Gasteiger partial charge in [0.15, 0.2) is 0 Å². The summed E-state index contributed by atoms with van der Waals surface area (Å²) in [7, 11) is 0. The molecule has 3 heterocycles. The largest absolute Gasteiger partial charge is 0.383 e. The fraction of sp³-hybridized carbons (Fsp3) is 0.389. The van der Waals surface area contributed by atoms with Gasteiger partial charge in [0, 0.05) is 30.0 Å². The van der Waals surface area contributed by atoms with Crippen LogP contribution in [0.25, 0.3) is 5.65 Å². The average Bonchev–Trinajstić information content (AvgIpc) is 3.01. The molecule has 3 N–H and O–H groups in total. The molecule has 0 aliphatic heterocycles. The number of fused-ring (bicyclic) bond motifs is 1. The summed E-state index contributed by atoms with van der Waals surface area (Å²) < 4.78 is 4.31. The topological polar surface area (TPSA) is 101 Å². The molecule has 0 saturated heterocycles. The summed E-state index contributed by atoms with van der Waals surface area (Å²) >= 11 is 3.44. The number of aromatic nitrogens is 4. The molecular formula is C18H23BrN6O2. The lowest BCUT2D eigenvalue weighted by Crippen LogP contribution is -2.38. The SMILES string of the molecule is CCCCn1c(N)c(N(CC)Cc2cn3cc(Br)ccc3n2)c(=O)[nH]c1=O. The molecule has 0 aliphatic rings. The van der Waals surface area contributed by atoms with E-state index in [1.54, 1.807) is 0 Å². The van der Waals surface area contributed by atoms with E-state index in [0.29, 0.717) is 25.3 Å². The van der Waals surface area contributed by atoms with E-state index in [0.717, 1.165) is 28.7 Å². The van der Waals surface area contributed by atoms with E-state index in [9.17, 15) is 9.59 Å². The summed E-state index contributed by atoms with van der Waals surface area (Å²) in [6, 6.07) is 3.84. The van der Waals surface area contributed by atoms with E-state index in [4.69, 9.17) is 5.73 Å². The first-order valence-electron chi connectivity index (χ1n) is 8.95. The Balaban J connectivity index is 1.99. The number of anilines is 2. The molecule has 0 saturated carbocycles. The molecule has 0 bridgehead atoms. The summed E-state index contributed by atoms with van der Waals surface area (Å²) in [6.45, 7) is 5.41. The molecule has 0 atom stereocenters. The van der Waals surface area contributed by atoms with Crippen molar-refractivity contribution in [3.05, 3.63) is 55.5 Å². The predicted octanol–water partition coefficient (Wildman–Crippen LogP) is 2.36. The first-order chi connectivity index (χ1) is 12.9. The van der Waals surface area contributed by atoms with E-state index in [1.165, 1.54) is 4.57 Å². The summed E-state index contributed by atoms with van der Waals surface area (Å²) in [5.41, 5.74) is 7.21. The van der Waals surface area contributed by atoms with Crippen molar-refractivity contribution in [3.63, 3.8) is 0 Å². The number of nitrogens with zero attached hydrogens (tertiary/aromatic N) is 4. The number of H-pyrrole nitrogens is 1. The second-order valence-corrected chi connectivity index (χ2v) is 7.27. The van der Waals surface area contributed by atoms with Gasteiger partial charge in [-0.1, -0.05) is 13.3 Å². The number of rotatable bonds is 7. The van der Waals surface area contributed by atoms with Crippen molar-refractivity contribution in [3.8, 4) is 0 Å². The zero-order chi connectivity index (χ0) is 19.6. The number of aromatic amines is 1. The van der Waals surface area contributed by atoms with Gasteiger partial charge in [0.2, 0.25) is 0 Å². The fourth-order valence-corrected chi connectivity index (χ4v) is 3.41. The van der Waals surface area contributed by atoms with Crippen LogP contribution in [-0.2, 0) is 13.1 Å². The Hall–Kier alpha value is -2.55. The minimum atomic E-state index is -0.474. The predicted molar refractivity (Wildman–Crippen MR) is 110 cm³/mol. The van der Waals surface area contributed by atoms with Crippen LogP contribution in [0.3, 0.4) is 0 Å².